The molecule has 1 unspecified atom stereocenters. The predicted octanol–water partition coefficient (Wildman–Crippen LogP) is -0.463. The number of carbonyl (C=O) groups is 1. The number of rotatable bonds is 6. The molecule has 94 valence electrons. The number of carbonyl (C=O) groups excluding carboxylic acids is 1. The highest BCUT2D eigenvalue weighted by molar-refractivity contribution is 7.91. The highest BCUT2D eigenvalue weighted by atomic mass is 32.2. The summed E-state index contributed by atoms with van der Waals surface area (Å²) in [6.45, 7) is 4.44. The zero-order valence-electron chi connectivity index (χ0n) is 9.66. The van der Waals surface area contributed by atoms with Gasteiger partial charge < -0.3 is 10.6 Å². The first kappa shape index (κ1) is 13.4. The minimum Gasteiger partial charge on any atom is -0.356 e. The molecule has 1 aliphatic heterocycles. The Bertz CT molecular complexity index is 327. The molecule has 6 heteroatoms. The molecule has 0 aromatic rings. The van der Waals surface area contributed by atoms with Crippen LogP contribution < -0.4 is 10.6 Å². The predicted molar refractivity (Wildman–Crippen MR) is 62.9 cm³/mol. The van der Waals surface area contributed by atoms with E-state index in [2.05, 4.69) is 10.6 Å². The maximum Gasteiger partial charge on any atom is 0.224 e. The Morgan fingerprint density at radius 2 is 2.12 bits per heavy atom. The van der Waals surface area contributed by atoms with Crippen molar-refractivity contribution in [2.75, 3.05) is 31.1 Å². The van der Waals surface area contributed by atoms with Gasteiger partial charge in [-0.15, -0.1) is 0 Å². The van der Waals surface area contributed by atoms with Gasteiger partial charge in [0.05, 0.1) is 17.4 Å². The quantitative estimate of drug-likeness (QED) is 0.624. The molecule has 0 aromatic carbocycles. The molecule has 0 aromatic heterocycles. The molecule has 5 nitrogen and oxygen atoms in total. The van der Waals surface area contributed by atoms with Crippen LogP contribution in [0.2, 0.25) is 0 Å². The van der Waals surface area contributed by atoms with Crippen molar-refractivity contribution < 1.29 is 13.2 Å². The maximum absolute atomic E-state index is 11.6. The number of hydrogen-bond acceptors (Lipinski definition) is 4. The summed E-state index contributed by atoms with van der Waals surface area (Å²) in [7, 11) is -2.95. The lowest BCUT2D eigenvalue weighted by Crippen LogP contribution is -2.33. The minimum absolute atomic E-state index is 0.0199. The van der Waals surface area contributed by atoms with E-state index in [1.165, 1.54) is 0 Å². The van der Waals surface area contributed by atoms with E-state index < -0.39 is 9.84 Å². The summed E-state index contributed by atoms with van der Waals surface area (Å²) in [6, 6.07) is 0. The van der Waals surface area contributed by atoms with Crippen molar-refractivity contribution in [2.24, 2.45) is 5.92 Å². The van der Waals surface area contributed by atoms with Crippen molar-refractivity contribution in [2.45, 2.75) is 19.8 Å². The molecule has 1 rings (SSSR count). The first-order valence-electron chi connectivity index (χ1n) is 5.74. The summed E-state index contributed by atoms with van der Waals surface area (Å²) in [5.74, 6) is -0.268. The summed E-state index contributed by atoms with van der Waals surface area (Å²) in [4.78, 5) is 11.6. The van der Waals surface area contributed by atoms with Gasteiger partial charge in [-0.25, -0.2) is 8.42 Å². The second kappa shape index (κ2) is 6.20. The van der Waals surface area contributed by atoms with E-state index in [4.69, 9.17) is 0 Å². The maximum atomic E-state index is 11.6. The van der Waals surface area contributed by atoms with Gasteiger partial charge in [0.1, 0.15) is 0 Å². The van der Waals surface area contributed by atoms with Crippen LogP contribution in [0, 0.1) is 5.92 Å². The Kier molecular flexibility index (Phi) is 5.21. The van der Waals surface area contributed by atoms with Crippen molar-refractivity contribution >= 4 is 15.7 Å². The molecule has 0 spiro atoms. The molecular formula is C10H20N2O3S. The highest BCUT2D eigenvalue weighted by Crippen LogP contribution is 2.18. The molecule has 1 saturated heterocycles. The number of hydrogen-bond donors (Lipinski definition) is 2. The van der Waals surface area contributed by atoms with Crippen LogP contribution in [-0.2, 0) is 14.6 Å². The number of nitrogens with one attached hydrogen (secondary N) is 2. The Morgan fingerprint density at radius 1 is 1.38 bits per heavy atom. The van der Waals surface area contributed by atoms with E-state index in [1.807, 2.05) is 6.92 Å². The van der Waals surface area contributed by atoms with E-state index in [9.17, 15) is 13.2 Å². The van der Waals surface area contributed by atoms with Gasteiger partial charge in [0, 0.05) is 6.54 Å². The van der Waals surface area contributed by atoms with Crippen LogP contribution in [0.1, 0.15) is 19.8 Å². The van der Waals surface area contributed by atoms with Crippen LogP contribution in [0.4, 0.5) is 0 Å². The molecule has 1 amide bonds. The van der Waals surface area contributed by atoms with Gasteiger partial charge in [-0.05, 0) is 25.9 Å². The third-order valence-electron chi connectivity index (χ3n) is 2.68. The summed E-state index contributed by atoms with van der Waals surface area (Å²) in [6.07, 6.45) is 1.35. The first-order chi connectivity index (χ1) is 7.55. The Hall–Kier alpha value is -0.620. The SMILES string of the molecule is CCNCCCNC(=O)C1CCS(=O)(=O)C1. The third-order valence-corrected chi connectivity index (χ3v) is 4.45. The molecular weight excluding hydrogens is 228 g/mol. The molecule has 1 aliphatic rings. The standard InChI is InChI=1S/C10H20N2O3S/c1-2-11-5-3-6-12-10(13)9-4-7-16(14,15)8-9/h9,11H,2-8H2,1H3,(H,12,13). The Labute approximate surface area is 96.9 Å². The lowest BCUT2D eigenvalue weighted by molar-refractivity contribution is -0.124. The number of sulfone groups is 1. The van der Waals surface area contributed by atoms with Gasteiger partial charge in [-0.2, -0.15) is 0 Å². The summed E-state index contributed by atoms with van der Waals surface area (Å²) in [5, 5.41) is 5.94. The molecule has 2 N–H and O–H groups in total. The smallest absolute Gasteiger partial charge is 0.224 e. The van der Waals surface area contributed by atoms with Crippen molar-refractivity contribution in [1.82, 2.24) is 10.6 Å². The third kappa shape index (κ3) is 4.49. The molecule has 16 heavy (non-hydrogen) atoms. The van der Waals surface area contributed by atoms with Crippen LogP contribution in [-0.4, -0.2) is 45.5 Å². The summed E-state index contributed by atoms with van der Waals surface area (Å²) < 4.78 is 22.3. The van der Waals surface area contributed by atoms with E-state index in [1.54, 1.807) is 0 Å². The fourth-order valence-electron chi connectivity index (χ4n) is 1.75. The topological polar surface area (TPSA) is 75.3 Å². The normalized spacial score (nSPS) is 23.2. The van der Waals surface area contributed by atoms with Gasteiger partial charge in [0.25, 0.3) is 0 Å². The fraction of sp³-hybridized carbons (Fsp3) is 0.900. The van der Waals surface area contributed by atoms with Crippen LogP contribution in [0.25, 0.3) is 0 Å². The van der Waals surface area contributed by atoms with E-state index in [-0.39, 0.29) is 23.3 Å². The summed E-state index contributed by atoms with van der Waals surface area (Å²) in [5.41, 5.74) is 0. The fourth-order valence-corrected chi connectivity index (χ4v) is 3.49. The second-order valence-electron chi connectivity index (χ2n) is 4.10. The Balaban J connectivity index is 2.16. The van der Waals surface area contributed by atoms with Crippen LogP contribution in [0.15, 0.2) is 0 Å². The average Bonchev–Trinajstić information content (AvgIpc) is 2.58. The second-order valence-corrected chi connectivity index (χ2v) is 6.33. The van der Waals surface area contributed by atoms with Crippen molar-refractivity contribution in [3.63, 3.8) is 0 Å². The summed E-state index contributed by atoms with van der Waals surface area (Å²) >= 11 is 0. The molecule has 0 bridgehead atoms. The highest BCUT2D eigenvalue weighted by Gasteiger charge is 2.32. The first-order valence-corrected chi connectivity index (χ1v) is 7.56. The molecule has 1 fully saturated rings. The Morgan fingerprint density at radius 3 is 2.69 bits per heavy atom. The monoisotopic (exact) mass is 248 g/mol. The zero-order chi connectivity index (χ0) is 12.0. The molecule has 1 heterocycles. The van der Waals surface area contributed by atoms with Gasteiger partial charge in [-0.1, -0.05) is 6.92 Å². The average molecular weight is 248 g/mol. The largest absolute Gasteiger partial charge is 0.356 e. The number of amides is 1. The molecule has 0 aliphatic carbocycles. The van der Waals surface area contributed by atoms with E-state index >= 15 is 0 Å². The zero-order valence-corrected chi connectivity index (χ0v) is 10.5. The van der Waals surface area contributed by atoms with E-state index in [0.29, 0.717) is 13.0 Å². The lowest BCUT2D eigenvalue weighted by Gasteiger charge is -2.09. The molecule has 0 radical (unpaired) electrons. The minimum atomic E-state index is -2.95. The van der Waals surface area contributed by atoms with Crippen molar-refractivity contribution in [1.29, 1.82) is 0 Å². The van der Waals surface area contributed by atoms with Gasteiger partial charge >= 0.3 is 0 Å². The van der Waals surface area contributed by atoms with Gasteiger partial charge in [0.15, 0.2) is 9.84 Å². The van der Waals surface area contributed by atoms with E-state index in [0.717, 1.165) is 19.5 Å². The van der Waals surface area contributed by atoms with Gasteiger partial charge in [-0.3, -0.25) is 4.79 Å². The van der Waals surface area contributed by atoms with Crippen LogP contribution >= 0.6 is 0 Å². The van der Waals surface area contributed by atoms with Crippen LogP contribution in [0.3, 0.4) is 0 Å². The lowest BCUT2D eigenvalue weighted by atomic mass is 10.1. The van der Waals surface area contributed by atoms with Crippen LogP contribution in [0.5, 0.6) is 0 Å². The van der Waals surface area contributed by atoms with Crippen molar-refractivity contribution in [3.8, 4) is 0 Å². The van der Waals surface area contributed by atoms with Gasteiger partial charge in [0.2, 0.25) is 5.91 Å². The van der Waals surface area contributed by atoms with Crippen molar-refractivity contribution in [3.05, 3.63) is 0 Å². The molecule has 0 saturated carbocycles. The molecule has 1 atom stereocenters.